The molecule has 2 aromatic rings. The number of hydrogen-bond donors (Lipinski definition) is 5. The second kappa shape index (κ2) is 12.5. The van der Waals surface area contributed by atoms with Crippen LogP contribution in [0.4, 0.5) is 4.79 Å². The molecule has 0 fully saturated rings. The summed E-state index contributed by atoms with van der Waals surface area (Å²) in [7, 11) is 1.26. The first-order valence-corrected chi connectivity index (χ1v) is 11.8. The molecular formula is C24H26Cl2N4O7. The lowest BCUT2D eigenvalue weighted by Gasteiger charge is -2.28. The third-order valence-electron chi connectivity index (χ3n) is 5.15. The van der Waals surface area contributed by atoms with Crippen LogP contribution in [0.25, 0.3) is 0 Å². The second-order valence-electron chi connectivity index (χ2n) is 7.75. The van der Waals surface area contributed by atoms with Gasteiger partial charge in [0.15, 0.2) is 23.5 Å². The van der Waals surface area contributed by atoms with Gasteiger partial charge in [-0.1, -0.05) is 29.3 Å². The first-order chi connectivity index (χ1) is 17.6. The number of rotatable bonds is 10. The van der Waals surface area contributed by atoms with Crippen LogP contribution < -0.4 is 25.5 Å². The summed E-state index contributed by atoms with van der Waals surface area (Å²) in [6, 6.07) is 6.61. The molecule has 0 saturated carbocycles. The Kier molecular flexibility index (Phi) is 9.45. The van der Waals surface area contributed by atoms with Crippen LogP contribution in [0.5, 0.6) is 17.2 Å². The third-order valence-corrected chi connectivity index (χ3v) is 5.72. The van der Waals surface area contributed by atoms with E-state index in [9.17, 15) is 19.8 Å². The summed E-state index contributed by atoms with van der Waals surface area (Å²) in [4.78, 5) is 24.4. The number of hydrazone groups is 1. The van der Waals surface area contributed by atoms with Gasteiger partial charge >= 0.3 is 12.0 Å². The van der Waals surface area contributed by atoms with Gasteiger partial charge in [0.05, 0.1) is 41.6 Å². The number of aromatic hydroxyl groups is 1. The minimum absolute atomic E-state index is 0.0677. The lowest BCUT2D eigenvalue weighted by Crippen LogP contribution is -2.45. The number of amides is 2. The highest BCUT2D eigenvalue weighted by Crippen LogP contribution is 2.35. The number of esters is 1. The number of nitrogens with zero attached hydrogens (tertiary/aromatic N) is 1. The van der Waals surface area contributed by atoms with Gasteiger partial charge in [0.2, 0.25) is 0 Å². The number of phenols is 1. The first kappa shape index (κ1) is 27.9. The maximum absolute atomic E-state index is 12.4. The monoisotopic (exact) mass is 552 g/mol. The zero-order chi connectivity index (χ0) is 27.1. The topological polar surface area (TPSA) is 151 Å². The molecule has 2 aromatic carbocycles. The van der Waals surface area contributed by atoms with Gasteiger partial charge in [0.25, 0.3) is 0 Å². The van der Waals surface area contributed by atoms with E-state index < -0.39 is 24.3 Å². The van der Waals surface area contributed by atoms with E-state index in [0.717, 1.165) is 0 Å². The molecule has 198 valence electrons. The molecule has 5 N–H and O–H groups in total. The van der Waals surface area contributed by atoms with Gasteiger partial charge < -0.3 is 35.1 Å². The maximum atomic E-state index is 12.4. The Morgan fingerprint density at radius 3 is 2.57 bits per heavy atom. The molecule has 3 rings (SSSR count). The van der Waals surface area contributed by atoms with E-state index in [1.165, 1.54) is 25.5 Å². The van der Waals surface area contributed by atoms with Crippen molar-refractivity contribution in [3.63, 3.8) is 0 Å². The molecule has 37 heavy (non-hydrogen) atoms. The van der Waals surface area contributed by atoms with Crippen molar-refractivity contribution in [3.8, 4) is 17.2 Å². The van der Waals surface area contributed by atoms with Gasteiger partial charge in [-0.05, 0) is 49.2 Å². The molecule has 11 nitrogen and oxygen atoms in total. The number of carbonyl (C=O) groups is 2. The first-order valence-electron chi connectivity index (χ1n) is 11.0. The van der Waals surface area contributed by atoms with E-state index in [-0.39, 0.29) is 28.0 Å². The lowest BCUT2D eigenvalue weighted by atomic mass is 9.95. The Bertz CT molecular complexity index is 1210. The van der Waals surface area contributed by atoms with Gasteiger partial charge in [-0.3, -0.25) is 5.43 Å². The molecule has 2 atom stereocenters. The molecule has 0 radical (unpaired) electrons. The number of hydrogen-bond acceptors (Lipinski definition) is 9. The molecule has 1 heterocycles. The maximum Gasteiger partial charge on any atom is 0.337 e. The normalized spacial score (nSPS) is 16.2. The van der Waals surface area contributed by atoms with Crippen LogP contribution in [0.15, 0.2) is 46.7 Å². The second-order valence-corrected chi connectivity index (χ2v) is 8.56. The summed E-state index contributed by atoms with van der Waals surface area (Å²) in [5.74, 6) is -0.139. The smallest absolute Gasteiger partial charge is 0.337 e. The fourth-order valence-corrected chi connectivity index (χ4v) is 3.98. The van der Waals surface area contributed by atoms with Gasteiger partial charge in [-0.15, -0.1) is 0 Å². The number of aliphatic hydroxyl groups is 1. The number of carbonyl (C=O) groups excluding carboxylic acids is 2. The highest BCUT2D eigenvalue weighted by molar-refractivity contribution is 6.37. The van der Waals surface area contributed by atoms with Crippen LogP contribution in [0, 0.1) is 0 Å². The molecule has 2 amide bonds. The summed E-state index contributed by atoms with van der Waals surface area (Å²) in [6.45, 7) is 3.53. The number of benzene rings is 2. The zero-order valence-electron chi connectivity index (χ0n) is 20.2. The Balaban J connectivity index is 1.71. The van der Waals surface area contributed by atoms with Crippen molar-refractivity contribution in [3.05, 3.63) is 62.8 Å². The lowest BCUT2D eigenvalue weighted by molar-refractivity contribution is -0.136. The number of nitrogens with one attached hydrogen (secondary N) is 3. The number of aliphatic hydroxyl groups excluding tert-OH is 1. The summed E-state index contributed by atoms with van der Waals surface area (Å²) in [5, 5.41) is 29.1. The van der Waals surface area contributed by atoms with E-state index in [0.29, 0.717) is 34.9 Å². The standard InChI is InChI=1S/C24H26Cl2N4O7/c1-4-36-18-9-14(21-20(23(33)35-3)12(2)28-24(34)29-21)5-6-17(18)37-11-19(31)30-27-10-13-7-15(25)22(32)16(26)8-13/h5-10,19,21,30-32H,4,11H2,1-3H3,(H2,28,29,34)/b27-10-/t19-,21-/m1/s1. The molecule has 0 aliphatic carbocycles. The SMILES string of the molecule is CCOc1cc([C@H]2NC(=O)NC(C)=C2C(=O)OC)ccc1OC[C@@H](O)N/N=C\c1cc(Cl)c(O)c(Cl)c1. The Morgan fingerprint density at radius 2 is 1.92 bits per heavy atom. The molecule has 0 unspecified atom stereocenters. The van der Waals surface area contributed by atoms with Crippen LogP contribution in [0.2, 0.25) is 10.0 Å². The van der Waals surface area contributed by atoms with Crippen LogP contribution in [-0.4, -0.2) is 55.0 Å². The molecule has 0 aromatic heterocycles. The van der Waals surface area contributed by atoms with Crippen molar-refractivity contribution in [1.29, 1.82) is 0 Å². The fraction of sp³-hybridized carbons (Fsp3) is 0.292. The minimum atomic E-state index is -1.19. The number of allylic oxidation sites excluding steroid dienone is 1. The third kappa shape index (κ3) is 6.97. The number of methoxy groups -OCH3 is 1. The molecule has 0 saturated heterocycles. The Labute approximate surface area is 223 Å². The van der Waals surface area contributed by atoms with E-state index in [1.807, 2.05) is 0 Å². The Morgan fingerprint density at radius 1 is 1.22 bits per heavy atom. The van der Waals surface area contributed by atoms with E-state index in [1.54, 1.807) is 32.0 Å². The molecule has 1 aliphatic rings. The number of urea groups is 1. The predicted octanol–water partition coefficient (Wildman–Crippen LogP) is 3.22. The molecule has 13 heteroatoms. The highest BCUT2D eigenvalue weighted by Gasteiger charge is 2.32. The molecular weight excluding hydrogens is 527 g/mol. The van der Waals surface area contributed by atoms with Crippen LogP contribution >= 0.6 is 23.2 Å². The van der Waals surface area contributed by atoms with E-state index >= 15 is 0 Å². The summed E-state index contributed by atoms with van der Waals surface area (Å²) < 4.78 is 16.3. The molecule has 1 aliphatic heterocycles. The fourth-order valence-electron chi connectivity index (χ4n) is 3.48. The molecule has 0 bridgehead atoms. The largest absolute Gasteiger partial charge is 0.505 e. The van der Waals surface area contributed by atoms with Crippen LogP contribution in [0.1, 0.15) is 31.0 Å². The zero-order valence-corrected chi connectivity index (χ0v) is 21.7. The van der Waals surface area contributed by atoms with Crippen LogP contribution in [0.3, 0.4) is 0 Å². The van der Waals surface area contributed by atoms with Gasteiger partial charge in [0, 0.05) is 5.70 Å². The average molecular weight is 553 g/mol. The Hall–Kier alpha value is -3.67. The van der Waals surface area contributed by atoms with Crippen molar-refractivity contribution >= 4 is 41.4 Å². The average Bonchev–Trinajstić information content (AvgIpc) is 2.85. The van der Waals surface area contributed by atoms with Crippen molar-refractivity contribution in [2.75, 3.05) is 20.3 Å². The number of phenolic OH excluding ortho intramolecular Hbond substituents is 1. The minimum Gasteiger partial charge on any atom is -0.505 e. The van der Waals surface area contributed by atoms with Crippen molar-refractivity contribution in [2.45, 2.75) is 26.1 Å². The van der Waals surface area contributed by atoms with Crippen LogP contribution in [-0.2, 0) is 9.53 Å². The number of halogens is 2. The highest BCUT2D eigenvalue weighted by atomic mass is 35.5. The van der Waals surface area contributed by atoms with Crippen molar-refractivity contribution < 1.29 is 34.0 Å². The van der Waals surface area contributed by atoms with Gasteiger partial charge in [-0.2, -0.15) is 5.10 Å². The summed E-state index contributed by atoms with van der Waals surface area (Å²) in [6.07, 6.45) is 0.177. The van der Waals surface area contributed by atoms with Gasteiger partial charge in [-0.25, -0.2) is 9.59 Å². The van der Waals surface area contributed by atoms with Gasteiger partial charge in [0.1, 0.15) is 6.61 Å². The van der Waals surface area contributed by atoms with Crippen molar-refractivity contribution in [2.24, 2.45) is 5.10 Å². The van der Waals surface area contributed by atoms with Crippen molar-refractivity contribution in [1.82, 2.24) is 16.1 Å². The quantitative estimate of drug-likeness (QED) is 0.130. The van der Waals surface area contributed by atoms with E-state index in [2.05, 4.69) is 21.2 Å². The summed E-state index contributed by atoms with van der Waals surface area (Å²) >= 11 is 11.8. The number of ether oxygens (including phenoxy) is 3. The summed E-state index contributed by atoms with van der Waals surface area (Å²) in [5.41, 5.74) is 4.21. The predicted molar refractivity (Wildman–Crippen MR) is 137 cm³/mol. The van der Waals surface area contributed by atoms with E-state index in [4.69, 9.17) is 37.4 Å². The molecule has 0 spiro atoms.